The first kappa shape index (κ1) is 12.2. The standard InChI is InChI=1S/C11H18O4S/c1-15-8-6-10(7-8,9(12)13)11(14)2-4-16-5-3-11/h8,14H,2-7H2,1H3,(H,12,13). The van der Waals surface area contributed by atoms with Crippen molar-refractivity contribution in [1.82, 2.24) is 0 Å². The summed E-state index contributed by atoms with van der Waals surface area (Å²) in [6, 6.07) is 0. The molecule has 4 nitrogen and oxygen atoms in total. The van der Waals surface area contributed by atoms with E-state index in [2.05, 4.69) is 0 Å². The van der Waals surface area contributed by atoms with Crippen LogP contribution in [-0.2, 0) is 9.53 Å². The van der Waals surface area contributed by atoms with Crippen molar-refractivity contribution in [2.75, 3.05) is 18.6 Å². The third kappa shape index (κ3) is 1.65. The Morgan fingerprint density at radius 3 is 2.38 bits per heavy atom. The van der Waals surface area contributed by atoms with Gasteiger partial charge >= 0.3 is 5.97 Å². The molecule has 2 aliphatic rings. The minimum absolute atomic E-state index is 0.00490. The van der Waals surface area contributed by atoms with Gasteiger partial charge in [-0.1, -0.05) is 0 Å². The molecule has 92 valence electrons. The van der Waals surface area contributed by atoms with Crippen LogP contribution in [0.1, 0.15) is 25.7 Å². The number of carboxylic acids is 1. The average molecular weight is 246 g/mol. The van der Waals surface area contributed by atoms with Crippen LogP contribution in [0.4, 0.5) is 0 Å². The predicted molar refractivity (Wildman–Crippen MR) is 61.6 cm³/mol. The number of carboxylic acid groups (broad SMARTS) is 1. The summed E-state index contributed by atoms with van der Waals surface area (Å²) in [7, 11) is 1.59. The van der Waals surface area contributed by atoms with Crippen LogP contribution >= 0.6 is 11.8 Å². The molecule has 0 aromatic rings. The molecule has 0 bridgehead atoms. The Kier molecular flexibility index (Phi) is 3.20. The van der Waals surface area contributed by atoms with Gasteiger partial charge in [-0.05, 0) is 37.2 Å². The number of aliphatic hydroxyl groups is 1. The highest BCUT2D eigenvalue weighted by molar-refractivity contribution is 7.99. The van der Waals surface area contributed by atoms with E-state index in [4.69, 9.17) is 4.74 Å². The molecule has 2 rings (SSSR count). The van der Waals surface area contributed by atoms with Gasteiger partial charge in [0.25, 0.3) is 0 Å². The number of rotatable bonds is 3. The van der Waals surface area contributed by atoms with Gasteiger partial charge in [-0.15, -0.1) is 0 Å². The lowest BCUT2D eigenvalue weighted by atomic mass is 9.55. The van der Waals surface area contributed by atoms with E-state index < -0.39 is 17.0 Å². The molecule has 2 N–H and O–H groups in total. The van der Waals surface area contributed by atoms with Gasteiger partial charge in [0.15, 0.2) is 0 Å². The Balaban J connectivity index is 2.17. The third-order valence-corrected chi connectivity index (χ3v) is 5.09. The van der Waals surface area contributed by atoms with Gasteiger partial charge in [-0.25, -0.2) is 0 Å². The number of carbonyl (C=O) groups is 1. The fourth-order valence-corrected chi connectivity index (χ4v) is 3.99. The normalized spacial score (nSPS) is 37.8. The maximum Gasteiger partial charge on any atom is 0.312 e. The first-order chi connectivity index (χ1) is 7.54. The van der Waals surface area contributed by atoms with Crippen molar-refractivity contribution < 1.29 is 19.7 Å². The summed E-state index contributed by atoms with van der Waals surface area (Å²) in [6.07, 6.45) is 2.05. The zero-order valence-electron chi connectivity index (χ0n) is 9.44. The van der Waals surface area contributed by atoms with Gasteiger partial charge in [0.2, 0.25) is 0 Å². The Hall–Kier alpha value is -0.260. The number of thioether (sulfide) groups is 1. The molecule has 1 saturated heterocycles. The van der Waals surface area contributed by atoms with Crippen molar-refractivity contribution in [1.29, 1.82) is 0 Å². The van der Waals surface area contributed by atoms with E-state index in [-0.39, 0.29) is 6.10 Å². The highest BCUT2D eigenvalue weighted by Gasteiger charge is 2.63. The molecule has 0 unspecified atom stereocenters. The van der Waals surface area contributed by atoms with Gasteiger partial charge in [0, 0.05) is 7.11 Å². The van der Waals surface area contributed by atoms with Crippen LogP contribution in [0.2, 0.25) is 0 Å². The molecule has 0 atom stereocenters. The van der Waals surface area contributed by atoms with Gasteiger partial charge in [-0.3, -0.25) is 4.79 Å². The lowest BCUT2D eigenvalue weighted by Crippen LogP contribution is -2.63. The van der Waals surface area contributed by atoms with Crippen LogP contribution in [0, 0.1) is 5.41 Å². The van der Waals surface area contributed by atoms with Crippen molar-refractivity contribution in [2.45, 2.75) is 37.4 Å². The van der Waals surface area contributed by atoms with Gasteiger partial charge in [0.05, 0.1) is 11.7 Å². The monoisotopic (exact) mass is 246 g/mol. The summed E-state index contributed by atoms with van der Waals surface area (Å²) in [4.78, 5) is 11.4. The second kappa shape index (κ2) is 4.20. The van der Waals surface area contributed by atoms with Crippen molar-refractivity contribution in [3.8, 4) is 0 Å². The van der Waals surface area contributed by atoms with E-state index in [1.807, 2.05) is 0 Å². The number of aliphatic carboxylic acids is 1. The summed E-state index contributed by atoms with van der Waals surface area (Å²) in [5.41, 5.74) is -1.99. The Bertz CT molecular complexity index is 280. The van der Waals surface area contributed by atoms with Crippen LogP contribution in [0.3, 0.4) is 0 Å². The molecule has 2 fully saturated rings. The minimum Gasteiger partial charge on any atom is -0.481 e. The zero-order chi connectivity index (χ0) is 11.8. The minimum atomic E-state index is -1.03. The molecule has 0 aromatic carbocycles. The van der Waals surface area contributed by atoms with Gasteiger partial charge < -0.3 is 14.9 Å². The van der Waals surface area contributed by atoms with Crippen LogP contribution < -0.4 is 0 Å². The van der Waals surface area contributed by atoms with Crippen molar-refractivity contribution in [3.63, 3.8) is 0 Å². The van der Waals surface area contributed by atoms with E-state index in [0.717, 1.165) is 11.5 Å². The lowest BCUT2D eigenvalue weighted by molar-refractivity contribution is -0.208. The van der Waals surface area contributed by atoms with Crippen LogP contribution in [-0.4, -0.2) is 46.5 Å². The summed E-state index contributed by atoms with van der Waals surface area (Å²) in [5, 5.41) is 20.0. The molecule has 1 saturated carbocycles. The topological polar surface area (TPSA) is 66.8 Å². The largest absolute Gasteiger partial charge is 0.481 e. The van der Waals surface area contributed by atoms with E-state index in [9.17, 15) is 15.0 Å². The first-order valence-corrected chi connectivity index (χ1v) is 6.76. The Labute approximate surface area is 99.4 Å². The van der Waals surface area contributed by atoms with Crippen LogP contribution in [0.25, 0.3) is 0 Å². The van der Waals surface area contributed by atoms with Gasteiger partial charge in [0.1, 0.15) is 5.41 Å². The van der Waals surface area contributed by atoms with Crippen molar-refractivity contribution in [2.24, 2.45) is 5.41 Å². The zero-order valence-corrected chi connectivity index (χ0v) is 10.3. The fraction of sp³-hybridized carbons (Fsp3) is 0.909. The van der Waals surface area contributed by atoms with E-state index in [0.29, 0.717) is 25.7 Å². The lowest BCUT2D eigenvalue weighted by Gasteiger charge is -2.54. The Morgan fingerprint density at radius 2 is 1.94 bits per heavy atom. The first-order valence-electron chi connectivity index (χ1n) is 5.60. The van der Waals surface area contributed by atoms with Crippen molar-refractivity contribution >= 4 is 17.7 Å². The molecule has 1 aliphatic carbocycles. The average Bonchev–Trinajstić information content (AvgIpc) is 2.16. The molecule has 0 spiro atoms. The number of ether oxygens (including phenoxy) is 1. The maximum absolute atomic E-state index is 11.4. The number of hydrogen-bond donors (Lipinski definition) is 2. The smallest absolute Gasteiger partial charge is 0.312 e. The van der Waals surface area contributed by atoms with Gasteiger partial charge in [-0.2, -0.15) is 11.8 Å². The maximum atomic E-state index is 11.4. The molecule has 1 aliphatic heterocycles. The molecule has 5 heteroatoms. The number of hydrogen-bond acceptors (Lipinski definition) is 4. The highest BCUT2D eigenvalue weighted by Crippen LogP contribution is 2.55. The SMILES string of the molecule is COC1CC(C(=O)O)(C2(O)CCSCC2)C1. The summed E-state index contributed by atoms with van der Waals surface area (Å²) in [5.74, 6) is 0.835. The van der Waals surface area contributed by atoms with Crippen LogP contribution in [0.15, 0.2) is 0 Å². The molecule has 0 radical (unpaired) electrons. The predicted octanol–water partition coefficient (Wildman–Crippen LogP) is 1.12. The second-order valence-corrected chi connectivity index (χ2v) is 6.02. The molecular formula is C11H18O4S. The van der Waals surface area contributed by atoms with E-state index >= 15 is 0 Å². The molecular weight excluding hydrogens is 228 g/mol. The molecule has 0 aromatic heterocycles. The summed E-state index contributed by atoms with van der Waals surface area (Å²) >= 11 is 1.78. The second-order valence-electron chi connectivity index (χ2n) is 4.80. The molecule has 0 amide bonds. The van der Waals surface area contributed by atoms with Crippen molar-refractivity contribution in [3.05, 3.63) is 0 Å². The van der Waals surface area contributed by atoms with Crippen LogP contribution in [0.5, 0.6) is 0 Å². The Morgan fingerprint density at radius 1 is 1.38 bits per heavy atom. The summed E-state index contributed by atoms with van der Waals surface area (Å²) in [6.45, 7) is 0. The molecule has 16 heavy (non-hydrogen) atoms. The fourth-order valence-electron chi connectivity index (χ4n) is 2.83. The molecule has 1 heterocycles. The van der Waals surface area contributed by atoms with E-state index in [1.165, 1.54) is 0 Å². The van der Waals surface area contributed by atoms with E-state index in [1.54, 1.807) is 18.9 Å². The number of methoxy groups -OCH3 is 1. The third-order valence-electron chi connectivity index (χ3n) is 4.11. The summed E-state index contributed by atoms with van der Waals surface area (Å²) < 4.78 is 5.15. The quantitative estimate of drug-likeness (QED) is 0.781. The highest BCUT2D eigenvalue weighted by atomic mass is 32.2.